The van der Waals surface area contributed by atoms with Crippen LogP contribution in [0.5, 0.6) is 0 Å². The van der Waals surface area contributed by atoms with Crippen molar-refractivity contribution in [2.75, 3.05) is 35.7 Å². The Morgan fingerprint density at radius 1 is 0.617 bits per heavy atom. The lowest BCUT2D eigenvalue weighted by Gasteiger charge is -2.07. The Morgan fingerprint density at radius 2 is 1.09 bits per heavy atom. The molecule has 0 spiro atoms. The third-order valence-corrected chi connectivity index (χ3v) is 9.16. The maximum absolute atomic E-state index is 6.46. The fourth-order valence-electron chi connectivity index (χ4n) is 5.42. The van der Waals surface area contributed by atoms with E-state index in [0.717, 1.165) is 97.4 Å². The summed E-state index contributed by atoms with van der Waals surface area (Å²) >= 11 is 14.7. The highest BCUT2D eigenvalue weighted by molar-refractivity contribution is 7.98. The summed E-state index contributed by atoms with van der Waals surface area (Å²) in [6.45, 7) is 1.75. The fraction of sp³-hybridized carbons (Fsp3) is 0.158. The zero-order valence-electron chi connectivity index (χ0n) is 26.1. The highest BCUT2D eigenvalue weighted by Crippen LogP contribution is 2.35. The van der Waals surface area contributed by atoms with E-state index < -0.39 is 0 Å². The molecule has 0 saturated carbocycles. The molecule has 2 aromatic heterocycles. The number of benzene rings is 5. The van der Waals surface area contributed by atoms with Gasteiger partial charge in [0.2, 0.25) is 0 Å². The van der Waals surface area contributed by atoms with Gasteiger partial charge in [-0.2, -0.15) is 22.0 Å². The third kappa shape index (κ3) is 8.11. The largest absolute Gasteiger partial charge is 0.368 e. The molecule has 0 aliphatic heterocycles. The first-order chi connectivity index (χ1) is 23.1. The molecule has 0 radical (unpaired) electrons. The molecule has 0 bridgehead atoms. The number of aromatic amines is 2. The Hall–Kier alpha value is -4.43. The molecule has 4 N–H and O–H groups in total. The zero-order chi connectivity index (χ0) is 32.4. The van der Waals surface area contributed by atoms with Crippen LogP contribution in [-0.2, 0) is 6.42 Å². The lowest BCUT2D eigenvalue weighted by atomic mass is 10.0. The van der Waals surface area contributed by atoms with Crippen molar-refractivity contribution in [2.24, 2.45) is 0 Å². The van der Waals surface area contributed by atoms with Gasteiger partial charge in [0.05, 0.1) is 21.1 Å². The van der Waals surface area contributed by atoms with Gasteiger partial charge in [-0.25, -0.2) is 0 Å². The van der Waals surface area contributed by atoms with E-state index in [2.05, 4.69) is 97.9 Å². The predicted molar refractivity (Wildman–Crippen MR) is 203 cm³/mol. The van der Waals surface area contributed by atoms with Crippen LogP contribution in [0, 0.1) is 0 Å². The second-order valence-electron chi connectivity index (χ2n) is 11.1. The number of anilines is 2. The van der Waals surface area contributed by atoms with Gasteiger partial charge in [0, 0.05) is 35.0 Å². The molecule has 0 fully saturated rings. The third-order valence-electron chi connectivity index (χ3n) is 7.84. The second-order valence-corrected chi connectivity index (χ2v) is 12.9. The van der Waals surface area contributed by atoms with Crippen LogP contribution in [-0.4, -0.2) is 45.5 Å². The van der Waals surface area contributed by atoms with Gasteiger partial charge in [-0.1, -0.05) is 114 Å². The molecule has 0 aliphatic carbocycles. The second kappa shape index (κ2) is 15.9. The SMILES string of the molecule is CSCCCNc1n[nH]c2cc(Cl)c(-c3ccccc3)cc12.Clc1cc2[nH]nc(NCCc3ccccc3)c2cc1-c1ccccc1. The van der Waals surface area contributed by atoms with Crippen molar-refractivity contribution in [3.8, 4) is 22.3 Å². The van der Waals surface area contributed by atoms with E-state index in [1.807, 2.05) is 66.4 Å². The van der Waals surface area contributed by atoms with Gasteiger partial charge < -0.3 is 10.6 Å². The molecule has 0 saturated heterocycles. The molecule has 0 atom stereocenters. The Balaban J connectivity index is 0.000000166. The first-order valence-electron chi connectivity index (χ1n) is 15.6. The summed E-state index contributed by atoms with van der Waals surface area (Å²) in [4.78, 5) is 0. The summed E-state index contributed by atoms with van der Waals surface area (Å²) in [5.74, 6) is 2.90. The molecule has 47 heavy (non-hydrogen) atoms. The highest BCUT2D eigenvalue weighted by atomic mass is 35.5. The van der Waals surface area contributed by atoms with Crippen molar-refractivity contribution in [1.29, 1.82) is 0 Å². The molecular weight excluding hydrogens is 643 g/mol. The number of fused-ring (bicyclic) bond motifs is 2. The van der Waals surface area contributed by atoms with Crippen LogP contribution in [0.15, 0.2) is 115 Å². The topological polar surface area (TPSA) is 81.4 Å². The van der Waals surface area contributed by atoms with Crippen LogP contribution < -0.4 is 10.6 Å². The number of hydrogen-bond acceptors (Lipinski definition) is 5. The molecule has 0 aliphatic rings. The maximum Gasteiger partial charge on any atom is 0.155 e. The van der Waals surface area contributed by atoms with E-state index >= 15 is 0 Å². The van der Waals surface area contributed by atoms with Gasteiger partial charge in [-0.3, -0.25) is 10.2 Å². The first-order valence-corrected chi connectivity index (χ1v) is 17.7. The van der Waals surface area contributed by atoms with Crippen molar-refractivity contribution >= 4 is 68.4 Å². The van der Waals surface area contributed by atoms with Gasteiger partial charge in [-0.15, -0.1) is 0 Å². The van der Waals surface area contributed by atoms with Crippen molar-refractivity contribution in [3.63, 3.8) is 0 Å². The minimum Gasteiger partial charge on any atom is -0.368 e. The van der Waals surface area contributed by atoms with Crippen molar-refractivity contribution in [3.05, 3.63) is 131 Å². The van der Waals surface area contributed by atoms with Crippen molar-refractivity contribution < 1.29 is 0 Å². The van der Waals surface area contributed by atoms with Gasteiger partial charge in [0.25, 0.3) is 0 Å². The molecule has 0 unspecified atom stereocenters. The number of rotatable bonds is 11. The Morgan fingerprint density at radius 3 is 1.57 bits per heavy atom. The molecule has 7 rings (SSSR count). The predicted octanol–water partition coefficient (Wildman–Crippen LogP) is 10.6. The molecular formula is C38H36Cl2N6S. The fourth-order valence-corrected chi connectivity index (χ4v) is 6.40. The number of hydrogen-bond donors (Lipinski definition) is 4. The highest BCUT2D eigenvalue weighted by Gasteiger charge is 2.12. The standard InChI is InChI=1S/C21H18ClN3.C17H18ClN3S/c22-19-14-20-18(13-17(19)16-9-5-2-6-10-16)21(25-24-20)23-12-11-15-7-3-1-4-8-15;1-22-9-5-8-19-17-14-10-13(12-6-3-2-4-7-12)15(18)11-16(14)20-21-17/h1-10,13-14H,11-12H2,(H2,23,24,25);2-4,6-7,10-11H,5,8-9H2,1H3,(H2,19,20,21). The number of thioether (sulfide) groups is 1. The van der Waals surface area contributed by atoms with E-state index in [-0.39, 0.29) is 0 Å². The Kier molecular flexibility index (Phi) is 11.0. The number of halogens is 2. The summed E-state index contributed by atoms with van der Waals surface area (Å²) in [6.07, 6.45) is 4.20. The maximum atomic E-state index is 6.46. The minimum absolute atomic E-state index is 0.721. The summed E-state index contributed by atoms with van der Waals surface area (Å²) < 4.78 is 0. The lowest BCUT2D eigenvalue weighted by Crippen LogP contribution is -2.05. The minimum atomic E-state index is 0.721. The molecule has 238 valence electrons. The molecule has 2 heterocycles. The molecule has 7 aromatic rings. The van der Waals surface area contributed by atoms with Crippen LogP contribution in [0.25, 0.3) is 44.1 Å². The van der Waals surface area contributed by atoms with Crippen molar-refractivity contribution in [2.45, 2.75) is 12.8 Å². The number of H-pyrrole nitrogens is 2. The lowest BCUT2D eigenvalue weighted by molar-refractivity contribution is 0.975. The zero-order valence-corrected chi connectivity index (χ0v) is 28.4. The number of aromatic nitrogens is 4. The average molecular weight is 680 g/mol. The summed E-state index contributed by atoms with van der Waals surface area (Å²) in [5.41, 5.74) is 7.46. The summed E-state index contributed by atoms with van der Waals surface area (Å²) in [7, 11) is 0. The van der Waals surface area contributed by atoms with Crippen LogP contribution in [0.2, 0.25) is 10.0 Å². The first kappa shape index (κ1) is 32.5. The monoisotopic (exact) mass is 678 g/mol. The van der Waals surface area contributed by atoms with Gasteiger partial charge in [-0.05, 0) is 65.8 Å². The number of nitrogens with one attached hydrogen (secondary N) is 4. The number of nitrogens with zero attached hydrogens (tertiary/aromatic N) is 2. The normalized spacial score (nSPS) is 11.0. The molecule has 6 nitrogen and oxygen atoms in total. The van der Waals surface area contributed by atoms with Gasteiger partial charge >= 0.3 is 0 Å². The molecule has 5 aromatic carbocycles. The smallest absolute Gasteiger partial charge is 0.155 e. The average Bonchev–Trinajstić information content (AvgIpc) is 3.70. The van der Waals surface area contributed by atoms with Crippen molar-refractivity contribution in [1.82, 2.24) is 20.4 Å². The Bertz CT molecular complexity index is 2030. The van der Waals surface area contributed by atoms with E-state index in [1.165, 1.54) is 5.56 Å². The Labute approximate surface area is 289 Å². The molecule has 9 heteroatoms. The van der Waals surface area contributed by atoms with Crippen LogP contribution in [0.3, 0.4) is 0 Å². The van der Waals surface area contributed by atoms with E-state index in [1.54, 1.807) is 0 Å². The quantitative estimate of drug-likeness (QED) is 0.102. The van der Waals surface area contributed by atoms with Crippen LogP contribution in [0.1, 0.15) is 12.0 Å². The van der Waals surface area contributed by atoms with E-state index in [4.69, 9.17) is 23.2 Å². The summed E-state index contributed by atoms with van der Waals surface area (Å²) in [5, 5.41) is 25.3. The van der Waals surface area contributed by atoms with E-state index in [9.17, 15) is 0 Å². The van der Waals surface area contributed by atoms with E-state index in [0.29, 0.717) is 0 Å². The van der Waals surface area contributed by atoms with Crippen LogP contribution >= 0.6 is 35.0 Å². The summed E-state index contributed by atoms with van der Waals surface area (Å²) in [6, 6.07) is 38.9. The van der Waals surface area contributed by atoms with Gasteiger partial charge in [0.15, 0.2) is 11.6 Å². The molecule has 0 amide bonds. The van der Waals surface area contributed by atoms with Crippen LogP contribution in [0.4, 0.5) is 11.6 Å². The van der Waals surface area contributed by atoms with Gasteiger partial charge in [0.1, 0.15) is 0 Å².